The van der Waals surface area contributed by atoms with Crippen LogP contribution < -0.4 is 10.1 Å². The van der Waals surface area contributed by atoms with E-state index in [9.17, 15) is 0 Å². The SMILES string of the molecule is Cc1ccc(OCC(C)NCCC(C)O)cc1. The first-order valence-corrected chi connectivity index (χ1v) is 6.19. The van der Waals surface area contributed by atoms with Crippen molar-refractivity contribution in [3.8, 4) is 5.75 Å². The van der Waals surface area contributed by atoms with Crippen LogP contribution in [0, 0.1) is 6.92 Å². The summed E-state index contributed by atoms with van der Waals surface area (Å²) >= 11 is 0. The van der Waals surface area contributed by atoms with Crippen molar-refractivity contribution in [3.05, 3.63) is 29.8 Å². The molecule has 0 aliphatic carbocycles. The molecule has 17 heavy (non-hydrogen) atoms. The average molecular weight is 237 g/mol. The van der Waals surface area contributed by atoms with Crippen molar-refractivity contribution >= 4 is 0 Å². The number of aryl methyl sites for hydroxylation is 1. The van der Waals surface area contributed by atoms with Crippen LogP contribution in [0.15, 0.2) is 24.3 Å². The van der Waals surface area contributed by atoms with Crippen molar-refractivity contribution < 1.29 is 9.84 Å². The Hall–Kier alpha value is -1.06. The number of aliphatic hydroxyl groups excluding tert-OH is 1. The fourth-order valence-corrected chi connectivity index (χ4v) is 1.45. The van der Waals surface area contributed by atoms with Gasteiger partial charge < -0.3 is 15.2 Å². The van der Waals surface area contributed by atoms with Crippen molar-refractivity contribution in [1.82, 2.24) is 5.32 Å². The van der Waals surface area contributed by atoms with Gasteiger partial charge in [-0.3, -0.25) is 0 Å². The zero-order valence-electron chi connectivity index (χ0n) is 10.9. The van der Waals surface area contributed by atoms with Gasteiger partial charge in [0.25, 0.3) is 0 Å². The predicted octanol–water partition coefficient (Wildman–Crippen LogP) is 2.12. The smallest absolute Gasteiger partial charge is 0.119 e. The van der Waals surface area contributed by atoms with Gasteiger partial charge in [-0.05, 0) is 45.9 Å². The van der Waals surface area contributed by atoms with E-state index in [1.54, 1.807) is 6.92 Å². The number of benzene rings is 1. The molecule has 2 atom stereocenters. The zero-order chi connectivity index (χ0) is 12.7. The van der Waals surface area contributed by atoms with Crippen molar-refractivity contribution in [2.75, 3.05) is 13.2 Å². The molecule has 96 valence electrons. The summed E-state index contributed by atoms with van der Waals surface area (Å²) in [6.45, 7) is 7.40. The van der Waals surface area contributed by atoms with E-state index in [1.807, 2.05) is 24.3 Å². The van der Waals surface area contributed by atoms with Gasteiger partial charge in [0, 0.05) is 6.04 Å². The van der Waals surface area contributed by atoms with Crippen molar-refractivity contribution in [1.29, 1.82) is 0 Å². The summed E-state index contributed by atoms with van der Waals surface area (Å²) in [7, 11) is 0. The molecule has 0 bridgehead atoms. The molecule has 1 aromatic rings. The molecule has 0 saturated carbocycles. The zero-order valence-corrected chi connectivity index (χ0v) is 10.9. The first-order valence-electron chi connectivity index (χ1n) is 6.19. The Labute approximate surface area is 104 Å². The molecule has 0 aliphatic heterocycles. The van der Waals surface area contributed by atoms with Gasteiger partial charge in [0.05, 0.1) is 6.10 Å². The molecule has 3 nitrogen and oxygen atoms in total. The molecule has 0 aromatic heterocycles. The van der Waals surface area contributed by atoms with Crippen LogP contribution in [0.1, 0.15) is 25.8 Å². The van der Waals surface area contributed by atoms with Crippen LogP contribution in [0.4, 0.5) is 0 Å². The van der Waals surface area contributed by atoms with Gasteiger partial charge in [-0.2, -0.15) is 0 Å². The fourth-order valence-electron chi connectivity index (χ4n) is 1.45. The van der Waals surface area contributed by atoms with Crippen LogP contribution in [-0.4, -0.2) is 30.4 Å². The Morgan fingerprint density at radius 3 is 2.47 bits per heavy atom. The molecule has 0 spiro atoms. The standard InChI is InChI=1S/C14H23NO2/c1-11-4-6-14(7-5-11)17-10-12(2)15-9-8-13(3)16/h4-7,12-13,15-16H,8-10H2,1-3H3. The maximum absolute atomic E-state index is 9.13. The van der Waals surface area contributed by atoms with Gasteiger partial charge in [-0.1, -0.05) is 17.7 Å². The highest BCUT2D eigenvalue weighted by Crippen LogP contribution is 2.11. The van der Waals surface area contributed by atoms with Crippen LogP contribution in [0.2, 0.25) is 0 Å². The van der Waals surface area contributed by atoms with Crippen LogP contribution in [0.25, 0.3) is 0 Å². The second-order valence-corrected chi connectivity index (χ2v) is 4.62. The highest BCUT2D eigenvalue weighted by atomic mass is 16.5. The van der Waals surface area contributed by atoms with Crippen LogP contribution >= 0.6 is 0 Å². The van der Waals surface area contributed by atoms with E-state index in [1.165, 1.54) is 5.56 Å². The minimum Gasteiger partial charge on any atom is -0.492 e. The molecule has 0 amide bonds. The summed E-state index contributed by atoms with van der Waals surface area (Å²) in [4.78, 5) is 0. The first-order chi connectivity index (χ1) is 8.08. The summed E-state index contributed by atoms with van der Waals surface area (Å²) in [5, 5.41) is 12.4. The van der Waals surface area contributed by atoms with Gasteiger partial charge in [-0.15, -0.1) is 0 Å². The van der Waals surface area contributed by atoms with Crippen LogP contribution in [0.5, 0.6) is 5.75 Å². The molecular weight excluding hydrogens is 214 g/mol. The topological polar surface area (TPSA) is 41.5 Å². The van der Waals surface area contributed by atoms with Gasteiger partial charge in [-0.25, -0.2) is 0 Å². The lowest BCUT2D eigenvalue weighted by Gasteiger charge is -2.15. The molecule has 0 heterocycles. The van der Waals surface area contributed by atoms with E-state index >= 15 is 0 Å². The van der Waals surface area contributed by atoms with E-state index in [2.05, 4.69) is 19.2 Å². The second-order valence-electron chi connectivity index (χ2n) is 4.62. The van der Waals surface area contributed by atoms with Crippen LogP contribution in [0.3, 0.4) is 0 Å². The minimum atomic E-state index is -0.243. The lowest BCUT2D eigenvalue weighted by Crippen LogP contribution is -2.33. The van der Waals surface area contributed by atoms with Crippen molar-refractivity contribution in [3.63, 3.8) is 0 Å². The average Bonchev–Trinajstić information content (AvgIpc) is 2.28. The number of hydrogen-bond acceptors (Lipinski definition) is 3. The Morgan fingerprint density at radius 1 is 1.24 bits per heavy atom. The highest BCUT2D eigenvalue weighted by molar-refractivity contribution is 5.26. The Kier molecular flexibility index (Phi) is 6.01. The maximum Gasteiger partial charge on any atom is 0.119 e. The first kappa shape index (κ1) is 14.0. The van der Waals surface area contributed by atoms with E-state index < -0.39 is 0 Å². The third kappa shape index (κ3) is 6.29. The molecule has 1 aromatic carbocycles. The number of ether oxygens (including phenoxy) is 1. The number of aliphatic hydroxyl groups is 1. The van der Waals surface area contributed by atoms with E-state index in [4.69, 9.17) is 9.84 Å². The summed E-state index contributed by atoms with van der Waals surface area (Å²) in [6, 6.07) is 8.34. The molecule has 0 aliphatic rings. The number of rotatable bonds is 7. The van der Waals surface area contributed by atoms with Crippen molar-refractivity contribution in [2.45, 2.75) is 39.3 Å². The highest BCUT2D eigenvalue weighted by Gasteiger charge is 2.03. The van der Waals surface area contributed by atoms with Gasteiger partial charge in [0.15, 0.2) is 0 Å². The normalized spacial score (nSPS) is 14.4. The van der Waals surface area contributed by atoms with Crippen LogP contribution in [-0.2, 0) is 0 Å². The van der Waals surface area contributed by atoms with E-state index in [0.717, 1.165) is 18.7 Å². The molecule has 0 saturated heterocycles. The fraction of sp³-hybridized carbons (Fsp3) is 0.571. The van der Waals surface area contributed by atoms with E-state index in [0.29, 0.717) is 6.61 Å². The largest absolute Gasteiger partial charge is 0.492 e. The summed E-state index contributed by atoms with van der Waals surface area (Å²) in [6.07, 6.45) is 0.530. The van der Waals surface area contributed by atoms with Gasteiger partial charge >= 0.3 is 0 Å². The lowest BCUT2D eigenvalue weighted by molar-refractivity contribution is 0.179. The molecule has 3 heteroatoms. The predicted molar refractivity (Wildman–Crippen MR) is 70.4 cm³/mol. The third-order valence-corrected chi connectivity index (χ3v) is 2.58. The lowest BCUT2D eigenvalue weighted by atomic mass is 10.2. The molecule has 0 radical (unpaired) electrons. The number of hydrogen-bond donors (Lipinski definition) is 2. The molecule has 2 unspecified atom stereocenters. The monoisotopic (exact) mass is 237 g/mol. The Bertz CT molecular complexity index is 309. The molecule has 0 fully saturated rings. The summed E-state index contributed by atoms with van der Waals surface area (Å²) in [5.74, 6) is 0.903. The third-order valence-electron chi connectivity index (χ3n) is 2.58. The maximum atomic E-state index is 9.13. The number of nitrogens with one attached hydrogen (secondary N) is 1. The van der Waals surface area contributed by atoms with Gasteiger partial charge in [0.1, 0.15) is 12.4 Å². The molecule has 2 N–H and O–H groups in total. The molecular formula is C14H23NO2. The Balaban J connectivity index is 2.19. The van der Waals surface area contributed by atoms with Crippen molar-refractivity contribution in [2.24, 2.45) is 0 Å². The van der Waals surface area contributed by atoms with Gasteiger partial charge in [0.2, 0.25) is 0 Å². The van der Waals surface area contributed by atoms with E-state index in [-0.39, 0.29) is 12.1 Å². The minimum absolute atomic E-state index is 0.243. The summed E-state index contributed by atoms with van der Waals surface area (Å²) < 4.78 is 5.66. The second kappa shape index (κ2) is 7.30. The molecule has 1 rings (SSSR count). The quantitative estimate of drug-likeness (QED) is 0.763. The summed E-state index contributed by atoms with van der Waals surface area (Å²) in [5.41, 5.74) is 1.24. The Morgan fingerprint density at radius 2 is 1.88 bits per heavy atom.